The highest BCUT2D eigenvalue weighted by atomic mass is 79.9. The summed E-state index contributed by atoms with van der Waals surface area (Å²) in [4.78, 5) is 24.0. The van der Waals surface area contributed by atoms with E-state index in [4.69, 9.17) is 4.74 Å². The van der Waals surface area contributed by atoms with Gasteiger partial charge in [0, 0.05) is 5.92 Å². The van der Waals surface area contributed by atoms with Crippen LogP contribution >= 0.6 is 15.9 Å². The summed E-state index contributed by atoms with van der Waals surface area (Å²) in [5, 5.41) is 11.8. The third-order valence-corrected chi connectivity index (χ3v) is 5.74. The topological polar surface area (TPSA) is 75.6 Å². The van der Waals surface area contributed by atoms with Crippen LogP contribution in [0.5, 0.6) is 0 Å². The highest BCUT2D eigenvalue weighted by molar-refractivity contribution is 9.10. The molecule has 3 aromatic rings. The summed E-state index contributed by atoms with van der Waals surface area (Å²) in [5.41, 5.74) is 4.54. The summed E-state index contributed by atoms with van der Waals surface area (Å²) >= 11 is 3.02. The first-order valence-electron chi connectivity index (χ1n) is 9.25. The lowest BCUT2D eigenvalue weighted by molar-refractivity contribution is -0.139. The molecule has 1 aliphatic rings. The van der Waals surface area contributed by atoms with E-state index in [1.54, 1.807) is 0 Å². The van der Waals surface area contributed by atoms with Crippen molar-refractivity contribution < 1.29 is 23.8 Å². The Kier molecular flexibility index (Phi) is 5.55. The Labute approximate surface area is 180 Å². The van der Waals surface area contributed by atoms with E-state index in [1.165, 1.54) is 12.1 Å². The van der Waals surface area contributed by atoms with Crippen LogP contribution in [0.3, 0.4) is 0 Å². The number of carboxylic acids is 1. The van der Waals surface area contributed by atoms with Crippen molar-refractivity contribution in [2.45, 2.75) is 12.0 Å². The van der Waals surface area contributed by atoms with Crippen LogP contribution in [-0.4, -0.2) is 23.8 Å². The maximum atomic E-state index is 13.5. The monoisotopic (exact) mass is 469 g/mol. The first kappa shape index (κ1) is 20.1. The Morgan fingerprint density at radius 1 is 1.03 bits per heavy atom. The summed E-state index contributed by atoms with van der Waals surface area (Å²) in [5.74, 6) is -1.93. The second-order valence-electron chi connectivity index (χ2n) is 6.91. The number of hydrogen-bond acceptors (Lipinski definition) is 3. The lowest BCUT2D eigenvalue weighted by atomic mass is 9.98. The van der Waals surface area contributed by atoms with E-state index in [1.807, 2.05) is 48.5 Å². The van der Waals surface area contributed by atoms with Gasteiger partial charge < -0.3 is 15.2 Å². The van der Waals surface area contributed by atoms with Gasteiger partial charge in [0.05, 0.1) is 4.47 Å². The van der Waals surface area contributed by atoms with Crippen LogP contribution in [0.4, 0.5) is 9.18 Å². The number of carbonyl (C=O) groups excluding carboxylic acids is 1. The van der Waals surface area contributed by atoms with Crippen LogP contribution in [0.2, 0.25) is 0 Å². The largest absolute Gasteiger partial charge is 0.479 e. The molecule has 0 heterocycles. The molecule has 1 aliphatic carbocycles. The zero-order chi connectivity index (χ0) is 21.3. The first-order valence-corrected chi connectivity index (χ1v) is 10.0. The molecule has 1 amide bonds. The summed E-state index contributed by atoms with van der Waals surface area (Å²) in [6.07, 6.45) is -0.857. The molecule has 5 nitrogen and oxygen atoms in total. The van der Waals surface area contributed by atoms with Crippen molar-refractivity contribution in [3.8, 4) is 11.1 Å². The SMILES string of the molecule is O=C(NC(C(=O)O)c1ccc(F)c(Br)c1)OCC1c2ccccc2-c2ccccc21. The van der Waals surface area contributed by atoms with Crippen LogP contribution in [0.1, 0.15) is 28.7 Å². The Morgan fingerprint density at radius 2 is 1.63 bits per heavy atom. The van der Waals surface area contributed by atoms with Crippen LogP contribution in [0.25, 0.3) is 11.1 Å². The van der Waals surface area contributed by atoms with Gasteiger partial charge in [-0.25, -0.2) is 14.0 Å². The fraction of sp³-hybridized carbons (Fsp3) is 0.130. The number of aliphatic carboxylic acids is 1. The van der Waals surface area contributed by atoms with Gasteiger partial charge in [0.1, 0.15) is 12.4 Å². The van der Waals surface area contributed by atoms with Crippen molar-refractivity contribution in [1.29, 1.82) is 0 Å². The molecule has 30 heavy (non-hydrogen) atoms. The number of amides is 1. The molecule has 7 heteroatoms. The minimum absolute atomic E-state index is 0.0688. The van der Waals surface area contributed by atoms with Crippen LogP contribution < -0.4 is 5.32 Å². The molecule has 152 valence electrons. The molecule has 2 N–H and O–H groups in total. The highest BCUT2D eigenvalue weighted by Crippen LogP contribution is 2.44. The zero-order valence-corrected chi connectivity index (χ0v) is 17.2. The highest BCUT2D eigenvalue weighted by Gasteiger charge is 2.30. The number of alkyl carbamates (subject to hydrolysis) is 1. The van der Waals surface area contributed by atoms with Crippen molar-refractivity contribution in [3.05, 3.63) is 93.7 Å². The lowest BCUT2D eigenvalue weighted by Crippen LogP contribution is -2.34. The summed E-state index contributed by atoms with van der Waals surface area (Å²) in [7, 11) is 0. The molecule has 0 saturated heterocycles. The molecule has 0 aliphatic heterocycles. The standard InChI is InChI=1S/C23H17BrFNO4/c24-19-11-13(9-10-20(19)25)21(22(27)28)26-23(29)30-12-18-16-7-3-1-5-14(16)15-6-2-4-8-17(15)18/h1-11,18,21H,12H2,(H,26,29)(H,27,28). The summed E-state index contributed by atoms with van der Waals surface area (Å²) in [6, 6.07) is 18.2. The number of hydrogen-bond donors (Lipinski definition) is 2. The van der Waals surface area contributed by atoms with Crippen molar-refractivity contribution >= 4 is 28.0 Å². The van der Waals surface area contributed by atoms with Gasteiger partial charge in [0.2, 0.25) is 0 Å². The fourth-order valence-corrected chi connectivity index (χ4v) is 4.13. The van der Waals surface area contributed by atoms with Gasteiger partial charge in [-0.05, 0) is 55.9 Å². The number of rotatable bonds is 5. The average Bonchev–Trinajstić information content (AvgIpc) is 3.06. The van der Waals surface area contributed by atoms with Gasteiger partial charge in [0.25, 0.3) is 0 Å². The first-order chi connectivity index (χ1) is 14.5. The Morgan fingerprint density at radius 3 is 2.20 bits per heavy atom. The molecule has 4 rings (SSSR count). The minimum atomic E-state index is -1.36. The molecule has 0 aromatic heterocycles. The minimum Gasteiger partial charge on any atom is -0.479 e. The Bertz CT molecular complexity index is 1090. The van der Waals surface area contributed by atoms with Crippen molar-refractivity contribution in [3.63, 3.8) is 0 Å². The molecule has 0 bridgehead atoms. The van der Waals surface area contributed by atoms with Gasteiger partial charge >= 0.3 is 12.1 Å². The van der Waals surface area contributed by atoms with Crippen molar-refractivity contribution in [2.75, 3.05) is 6.61 Å². The Hall–Kier alpha value is -3.19. The smallest absolute Gasteiger partial charge is 0.408 e. The second kappa shape index (κ2) is 8.28. The van der Waals surface area contributed by atoms with Crippen molar-refractivity contribution in [2.24, 2.45) is 0 Å². The van der Waals surface area contributed by atoms with Crippen LogP contribution in [0, 0.1) is 5.82 Å². The van der Waals surface area contributed by atoms with Gasteiger partial charge in [-0.2, -0.15) is 0 Å². The fourth-order valence-electron chi connectivity index (χ4n) is 3.74. The molecular weight excluding hydrogens is 453 g/mol. The van der Waals surface area contributed by atoms with Crippen LogP contribution in [0.15, 0.2) is 71.2 Å². The summed E-state index contributed by atoms with van der Waals surface area (Å²) < 4.78 is 19.0. The third-order valence-electron chi connectivity index (χ3n) is 5.13. The van der Waals surface area contributed by atoms with Gasteiger partial charge in [-0.15, -0.1) is 0 Å². The third kappa shape index (κ3) is 3.80. The van der Waals surface area contributed by atoms with Gasteiger partial charge in [-0.3, -0.25) is 0 Å². The number of benzene rings is 3. The quantitative estimate of drug-likeness (QED) is 0.534. The zero-order valence-electron chi connectivity index (χ0n) is 15.6. The van der Waals surface area contributed by atoms with E-state index < -0.39 is 23.9 Å². The molecule has 0 saturated carbocycles. The number of carbonyl (C=O) groups is 2. The van der Waals surface area contributed by atoms with Crippen LogP contribution in [-0.2, 0) is 9.53 Å². The number of nitrogens with one attached hydrogen (secondary N) is 1. The maximum Gasteiger partial charge on any atom is 0.408 e. The second-order valence-corrected chi connectivity index (χ2v) is 7.77. The van der Waals surface area contributed by atoms with Crippen molar-refractivity contribution in [1.82, 2.24) is 5.32 Å². The maximum absolute atomic E-state index is 13.5. The number of ether oxygens (including phenoxy) is 1. The lowest BCUT2D eigenvalue weighted by Gasteiger charge is -2.18. The number of fused-ring (bicyclic) bond motifs is 3. The van der Waals surface area contributed by atoms with Gasteiger partial charge in [0.15, 0.2) is 6.04 Å². The number of carboxylic acid groups (broad SMARTS) is 1. The molecule has 1 atom stereocenters. The number of halogens is 2. The predicted octanol–water partition coefficient (Wildman–Crippen LogP) is 5.25. The summed E-state index contributed by atoms with van der Waals surface area (Å²) in [6.45, 7) is 0.0688. The van der Waals surface area contributed by atoms with E-state index in [9.17, 15) is 19.1 Å². The van der Waals surface area contributed by atoms with E-state index in [2.05, 4.69) is 21.2 Å². The van der Waals surface area contributed by atoms with Gasteiger partial charge in [-0.1, -0.05) is 54.6 Å². The normalized spacial score (nSPS) is 13.3. The molecule has 1 unspecified atom stereocenters. The molecule has 0 spiro atoms. The molecular formula is C23H17BrFNO4. The molecule has 0 fully saturated rings. The van der Waals surface area contributed by atoms with E-state index in [-0.39, 0.29) is 22.6 Å². The molecule has 0 radical (unpaired) electrons. The molecule has 3 aromatic carbocycles. The van der Waals surface area contributed by atoms with E-state index in [0.29, 0.717) is 0 Å². The van der Waals surface area contributed by atoms with E-state index >= 15 is 0 Å². The van der Waals surface area contributed by atoms with E-state index in [0.717, 1.165) is 28.3 Å². The average molecular weight is 470 g/mol. The predicted molar refractivity (Wildman–Crippen MR) is 113 cm³/mol. The Balaban J connectivity index is 1.49.